The van der Waals surface area contributed by atoms with Crippen LogP contribution < -0.4 is 5.32 Å². The maximum absolute atomic E-state index is 10.8. The maximum atomic E-state index is 10.8. The number of hydrogen-bond donors (Lipinski definition) is 3. The van der Waals surface area contributed by atoms with E-state index in [0.717, 1.165) is 11.6 Å². The molecule has 0 fully saturated rings. The van der Waals surface area contributed by atoms with Crippen molar-refractivity contribution in [2.45, 2.75) is 6.92 Å². The van der Waals surface area contributed by atoms with Crippen LogP contribution in [0, 0.1) is 0 Å². The van der Waals surface area contributed by atoms with Gasteiger partial charge in [-0.2, -0.15) is 0 Å². The molecule has 0 saturated carbocycles. The topological polar surface area (TPSA) is 86.6 Å². The second-order valence-electron chi connectivity index (χ2n) is 3.72. The Hall–Kier alpha value is -2.30. The molecule has 17 heavy (non-hydrogen) atoms. The van der Waals surface area contributed by atoms with Gasteiger partial charge in [0.2, 0.25) is 0 Å². The monoisotopic (exact) mass is 235 g/mol. The molecule has 0 bridgehead atoms. The lowest BCUT2D eigenvalue weighted by atomic mass is 10.1. The molecule has 0 aromatic heterocycles. The number of aromatic carboxylic acids is 2. The predicted molar refractivity (Wildman–Crippen MR) is 63.7 cm³/mol. The highest BCUT2D eigenvalue weighted by molar-refractivity contribution is 5.95. The van der Waals surface area contributed by atoms with Crippen LogP contribution in [-0.4, -0.2) is 28.7 Å². The summed E-state index contributed by atoms with van der Waals surface area (Å²) in [4.78, 5) is 21.7. The Labute approximate surface area is 98.4 Å². The van der Waals surface area contributed by atoms with E-state index in [9.17, 15) is 9.59 Å². The molecule has 0 aliphatic heterocycles. The molecule has 5 heteroatoms. The highest BCUT2D eigenvalue weighted by atomic mass is 16.4. The minimum absolute atomic E-state index is 0.0610. The van der Waals surface area contributed by atoms with Crippen molar-refractivity contribution in [3.05, 3.63) is 41.5 Å². The van der Waals surface area contributed by atoms with Gasteiger partial charge in [-0.3, -0.25) is 0 Å². The third kappa shape index (κ3) is 3.64. The molecule has 0 heterocycles. The maximum Gasteiger partial charge on any atom is 0.335 e. The average molecular weight is 235 g/mol. The number of carboxylic acids is 2. The normalized spacial score (nSPS) is 9.71. The van der Waals surface area contributed by atoms with E-state index in [2.05, 4.69) is 11.9 Å². The van der Waals surface area contributed by atoms with Crippen molar-refractivity contribution < 1.29 is 19.8 Å². The van der Waals surface area contributed by atoms with Crippen molar-refractivity contribution >= 4 is 17.6 Å². The van der Waals surface area contributed by atoms with Gasteiger partial charge in [-0.25, -0.2) is 9.59 Å². The van der Waals surface area contributed by atoms with Crippen LogP contribution in [0.1, 0.15) is 27.6 Å². The van der Waals surface area contributed by atoms with Gasteiger partial charge in [0.1, 0.15) is 0 Å². The lowest BCUT2D eigenvalue weighted by Crippen LogP contribution is -2.07. The summed E-state index contributed by atoms with van der Waals surface area (Å²) in [6.07, 6.45) is 0. The molecule has 1 rings (SSSR count). The van der Waals surface area contributed by atoms with Gasteiger partial charge >= 0.3 is 11.9 Å². The lowest BCUT2D eigenvalue weighted by Gasteiger charge is -2.08. The summed E-state index contributed by atoms with van der Waals surface area (Å²) in [6, 6.07) is 3.89. The zero-order chi connectivity index (χ0) is 13.0. The number of carboxylic acid groups (broad SMARTS) is 2. The van der Waals surface area contributed by atoms with Gasteiger partial charge < -0.3 is 15.5 Å². The molecule has 1 aromatic carbocycles. The smallest absolute Gasteiger partial charge is 0.335 e. The molecule has 5 nitrogen and oxygen atoms in total. The van der Waals surface area contributed by atoms with Gasteiger partial charge in [0.25, 0.3) is 0 Å². The number of carbonyl (C=O) groups is 2. The molecular weight excluding hydrogens is 222 g/mol. The molecule has 90 valence electrons. The van der Waals surface area contributed by atoms with Crippen LogP contribution in [0.15, 0.2) is 30.4 Å². The Morgan fingerprint density at radius 1 is 1.18 bits per heavy atom. The summed E-state index contributed by atoms with van der Waals surface area (Å²) >= 11 is 0. The Balaban J connectivity index is 3.08. The van der Waals surface area contributed by atoms with Crippen LogP contribution in [0.5, 0.6) is 0 Å². The molecule has 0 aliphatic rings. The van der Waals surface area contributed by atoms with Crippen LogP contribution in [0.2, 0.25) is 0 Å². The van der Waals surface area contributed by atoms with E-state index in [1.54, 1.807) is 0 Å². The third-order valence-corrected chi connectivity index (χ3v) is 2.02. The molecule has 0 radical (unpaired) electrons. The molecule has 0 saturated heterocycles. The molecule has 0 atom stereocenters. The fraction of sp³-hybridized carbons (Fsp3) is 0.167. The highest BCUT2D eigenvalue weighted by Gasteiger charge is 2.11. The first-order valence-electron chi connectivity index (χ1n) is 4.90. The molecular formula is C12H13NO4. The summed E-state index contributed by atoms with van der Waals surface area (Å²) in [5.74, 6) is -2.32. The summed E-state index contributed by atoms with van der Waals surface area (Å²) in [6.45, 7) is 5.96. The molecule has 0 unspecified atom stereocenters. The van der Waals surface area contributed by atoms with E-state index in [0.29, 0.717) is 12.2 Å². The minimum atomic E-state index is -1.16. The van der Waals surface area contributed by atoms with Crippen LogP contribution in [0.3, 0.4) is 0 Å². The van der Waals surface area contributed by atoms with Gasteiger partial charge in [-0.05, 0) is 25.1 Å². The van der Waals surface area contributed by atoms with Gasteiger partial charge in [0, 0.05) is 12.2 Å². The van der Waals surface area contributed by atoms with E-state index in [4.69, 9.17) is 10.2 Å². The van der Waals surface area contributed by atoms with E-state index in [1.165, 1.54) is 12.1 Å². The summed E-state index contributed by atoms with van der Waals surface area (Å²) in [5.41, 5.74) is 1.19. The molecule has 3 N–H and O–H groups in total. The molecule has 0 aliphatic carbocycles. The number of nitrogens with one attached hydrogen (secondary N) is 1. The Morgan fingerprint density at radius 2 is 1.65 bits per heavy atom. The zero-order valence-electron chi connectivity index (χ0n) is 9.36. The fourth-order valence-corrected chi connectivity index (χ4v) is 1.23. The van der Waals surface area contributed by atoms with E-state index in [1.807, 2.05) is 6.92 Å². The fourth-order valence-electron chi connectivity index (χ4n) is 1.23. The van der Waals surface area contributed by atoms with Crippen molar-refractivity contribution in [1.82, 2.24) is 0 Å². The number of hydrogen-bond acceptors (Lipinski definition) is 3. The van der Waals surface area contributed by atoms with Crippen LogP contribution in [-0.2, 0) is 0 Å². The first-order chi connectivity index (χ1) is 7.90. The van der Waals surface area contributed by atoms with Crippen molar-refractivity contribution in [1.29, 1.82) is 0 Å². The third-order valence-electron chi connectivity index (χ3n) is 2.02. The zero-order valence-corrected chi connectivity index (χ0v) is 9.36. The van der Waals surface area contributed by atoms with Crippen LogP contribution in [0.25, 0.3) is 0 Å². The van der Waals surface area contributed by atoms with Gasteiger partial charge in [-0.15, -0.1) is 0 Å². The second-order valence-corrected chi connectivity index (χ2v) is 3.72. The minimum Gasteiger partial charge on any atom is -0.478 e. The molecule has 0 spiro atoms. The quantitative estimate of drug-likeness (QED) is 0.680. The Kier molecular flexibility index (Phi) is 3.87. The Morgan fingerprint density at radius 3 is 2.00 bits per heavy atom. The summed E-state index contributed by atoms with van der Waals surface area (Å²) in [7, 11) is 0. The number of anilines is 1. The van der Waals surface area contributed by atoms with Crippen LogP contribution >= 0.6 is 0 Å². The lowest BCUT2D eigenvalue weighted by molar-refractivity contribution is 0.0696. The molecule has 0 amide bonds. The summed E-state index contributed by atoms with van der Waals surface area (Å²) in [5, 5.41) is 20.6. The number of rotatable bonds is 5. The van der Waals surface area contributed by atoms with Crippen molar-refractivity contribution in [3.8, 4) is 0 Å². The van der Waals surface area contributed by atoms with Gasteiger partial charge in [0.15, 0.2) is 0 Å². The van der Waals surface area contributed by atoms with Crippen LogP contribution in [0.4, 0.5) is 5.69 Å². The average Bonchev–Trinajstić information content (AvgIpc) is 2.25. The van der Waals surface area contributed by atoms with Gasteiger partial charge in [-0.1, -0.05) is 12.2 Å². The van der Waals surface area contributed by atoms with Crippen molar-refractivity contribution in [2.75, 3.05) is 11.9 Å². The second kappa shape index (κ2) is 5.16. The number of benzene rings is 1. The molecule has 1 aromatic rings. The Bertz CT molecular complexity index is 447. The largest absolute Gasteiger partial charge is 0.478 e. The SMILES string of the molecule is C=C(C)CNc1cc(C(=O)O)cc(C(=O)O)c1. The van der Waals surface area contributed by atoms with E-state index < -0.39 is 11.9 Å². The first-order valence-corrected chi connectivity index (χ1v) is 4.90. The van der Waals surface area contributed by atoms with Crippen molar-refractivity contribution in [3.63, 3.8) is 0 Å². The highest BCUT2D eigenvalue weighted by Crippen LogP contribution is 2.15. The summed E-state index contributed by atoms with van der Waals surface area (Å²) < 4.78 is 0. The standard InChI is InChI=1S/C12H13NO4/c1-7(2)6-13-10-4-8(11(14)15)3-9(5-10)12(16)17/h3-5,13H,1,6H2,2H3,(H,14,15)(H,16,17). The van der Waals surface area contributed by atoms with Gasteiger partial charge in [0.05, 0.1) is 11.1 Å². The van der Waals surface area contributed by atoms with E-state index in [-0.39, 0.29) is 11.1 Å². The van der Waals surface area contributed by atoms with E-state index >= 15 is 0 Å². The van der Waals surface area contributed by atoms with Crippen molar-refractivity contribution in [2.24, 2.45) is 0 Å². The first kappa shape index (κ1) is 12.8. The predicted octanol–water partition coefficient (Wildman–Crippen LogP) is 2.07.